The summed E-state index contributed by atoms with van der Waals surface area (Å²) in [5.74, 6) is 0.220. The molecule has 1 saturated heterocycles. The van der Waals surface area contributed by atoms with Crippen LogP contribution in [0.25, 0.3) is 31.8 Å². The van der Waals surface area contributed by atoms with Gasteiger partial charge >= 0.3 is 5.97 Å². The Labute approximate surface area is 401 Å². The quantitative estimate of drug-likeness (QED) is 0.149. The highest BCUT2D eigenvalue weighted by Crippen LogP contribution is 2.59. The zero-order valence-electron chi connectivity index (χ0n) is 37.5. The number of fused-ring (bicyclic) bond motifs is 8. The van der Waals surface area contributed by atoms with E-state index in [1.54, 1.807) is 42.6 Å². The SMILES string of the molecule is Cc1c(Cl)c2c(Cl)c(C)c1-c1c(-c3ccc(F)cc3)sc3ncnc(c13)O[C@@H](C(=O)O)Cc1cc(ccc1OCc1ccnc([C@]34CCCC[C@]3(O)CC4)n1)OC[C@@H](CN1CCN(C)CC1)O2. The lowest BCUT2D eigenvalue weighted by molar-refractivity contribution is -0.148. The molecule has 4 bridgehead atoms. The van der Waals surface area contributed by atoms with E-state index in [0.29, 0.717) is 93.8 Å². The van der Waals surface area contributed by atoms with Crippen LogP contribution in [-0.2, 0) is 23.2 Å². The number of carboxylic acid groups (broad SMARTS) is 1. The topological polar surface area (TPSA) is 152 Å². The molecule has 350 valence electrons. The standard InChI is InChI=1S/C50H51Cl2FN6O7S/c1-28-38-29(2)42(52)43(41(28)51)65-35(24-59-20-18-58(3)19-21-59)26-63-34-10-11-36(64-25-33-12-17-54-48(57-33)49-13-4-5-14-50(49,62)16-15-49)31(22-34)23-37(47(60)61)66-45-40-39(38)44(67-46(40)56-27-55-45)30-6-8-32(53)9-7-30/h6-12,17,22,27,35,37,62H,4-5,13-16,18-21,23-26H2,1-3H3,(H,60,61)/t35-,37-,49-,50+/m1/s1. The summed E-state index contributed by atoms with van der Waals surface area (Å²) in [5, 5.41) is 23.5. The first-order valence-corrected chi connectivity index (χ1v) is 24.3. The summed E-state index contributed by atoms with van der Waals surface area (Å²) < 4.78 is 40.8. The van der Waals surface area contributed by atoms with Crippen LogP contribution < -0.4 is 18.9 Å². The van der Waals surface area contributed by atoms with Crippen molar-refractivity contribution in [1.82, 2.24) is 29.7 Å². The van der Waals surface area contributed by atoms with E-state index in [9.17, 15) is 19.4 Å². The zero-order chi connectivity index (χ0) is 46.6. The normalized spacial score (nSPS) is 23.3. The van der Waals surface area contributed by atoms with Crippen molar-refractivity contribution in [3.63, 3.8) is 0 Å². The van der Waals surface area contributed by atoms with Crippen molar-refractivity contribution >= 4 is 50.7 Å². The van der Waals surface area contributed by atoms with Crippen molar-refractivity contribution in [3.8, 4) is 44.7 Å². The van der Waals surface area contributed by atoms with Crippen molar-refractivity contribution in [1.29, 1.82) is 0 Å². The lowest BCUT2D eigenvalue weighted by Gasteiger charge is -2.58. The summed E-state index contributed by atoms with van der Waals surface area (Å²) in [5.41, 5.74) is 3.15. The Balaban J connectivity index is 1.08. The average Bonchev–Trinajstić information content (AvgIpc) is 3.70. The zero-order valence-corrected chi connectivity index (χ0v) is 39.8. The summed E-state index contributed by atoms with van der Waals surface area (Å²) in [6.45, 7) is 7.92. The summed E-state index contributed by atoms with van der Waals surface area (Å²) in [6.07, 6.45) is 6.04. The maximum atomic E-state index is 14.4. The molecular formula is C50H51Cl2FN6O7S. The van der Waals surface area contributed by atoms with Gasteiger partial charge in [-0.3, -0.25) is 4.90 Å². The van der Waals surface area contributed by atoms with Crippen LogP contribution in [0.2, 0.25) is 10.0 Å². The van der Waals surface area contributed by atoms with Crippen molar-refractivity contribution in [2.75, 3.05) is 46.4 Å². The van der Waals surface area contributed by atoms with Crippen LogP contribution in [0, 0.1) is 19.7 Å². The molecule has 17 heteroatoms. The first-order valence-electron chi connectivity index (χ1n) is 22.7. The molecule has 5 aliphatic rings. The van der Waals surface area contributed by atoms with Gasteiger partial charge in [0, 0.05) is 61.3 Å². The molecule has 3 aromatic carbocycles. The van der Waals surface area contributed by atoms with Gasteiger partial charge in [-0.05, 0) is 105 Å². The lowest BCUT2D eigenvalue weighted by Crippen LogP contribution is -2.62. The number of hydrogen-bond donors (Lipinski definition) is 2. The molecule has 13 nitrogen and oxygen atoms in total. The molecule has 0 radical (unpaired) electrons. The van der Waals surface area contributed by atoms with Crippen molar-refractivity contribution in [2.24, 2.45) is 0 Å². The van der Waals surface area contributed by atoms with E-state index < -0.39 is 35.0 Å². The average molecular weight is 970 g/mol. The Hall–Kier alpha value is -5.16. The number of ether oxygens (including phenoxy) is 4. The van der Waals surface area contributed by atoms with Gasteiger partial charge in [-0.15, -0.1) is 11.3 Å². The van der Waals surface area contributed by atoms with E-state index in [4.69, 9.17) is 47.1 Å². The Kier molecular flexibility index (Phi) is 12.5. The molecule has 67 heavy (non-hydrogen) atoms. The number of carbonyl (C=O) groups is 1. The number of aliphatic hydroxyl groups is 1. The lowest BCUT2D eigenvalue weighted by atomic mass is 9.50. The fraction of sp³-hybridized carbons (Fsp3) is 0.420. The first-order chi connectivity index (χ1) is 32.3. The number of aliphatic carboxylic acids is 1. The molecule has 0 unspecified atom stereocenters. The number of likely N-dealkylation sites (N-methyl/N-ethyl adjacent to an activating group) is 1. The third kappa shape index (κ3) is 8.56. The van der Waals surface area contributed by atoms with E-state index in [2.05, 4.69) is 31.8 Å². The summed E-state index contributed by atoms with van der Waals surface area (Å²) in [4.78, 5) is 38.0. The molecule has 0 spiro atoms. The molecular weight excluding hydrogens is 919 g/mol. The molecule has 3 aliphatic heterocycles. The van der Waals surface area contributed by atoms with E-state index >= 15 is 0 Å². The number of hydrogen-bond acceptors (Lipinski definition) is 13. The molecule has 2 saturated carbocycles. The third-order valence-corrected chi connectivity index (χ3v) is 16.2. The first kappa shape index (κ1) is 45.6. The Morgan fingerprint density at radius 1 is 0.940 bits per heavy atom. The molecule has 3 fully saturated rings. The molecule has 6 heterocycles. The molecule has 4 atom stereocenters. The summed E-state index contributed by atoms with van der Waals surface area (Å²) >= 11 is 16.0. The monoisotopic (exact) mass is 968 g/mol. The van der Waals surface area contributed by atoms with E-state index in [-0.39, 0.29) is 25.5 Å². The van der Waals surface area contributed by atoms with E-state index in [1.807, 2.05) is 13.8 Å². The van der Waals surface area contributed by atoms with Gasteiger partial charge in [-0.25, -0.2) is 29.1 Å². The number of halogens is 3. The smallest absolute Gasteiger partial charge is 0.345 e. The Bertz CT molecular complexity index is 2830. The second-order valence-electron chi connectivity index (χ2n) is 18.3. The van der Waals surface area contributed by atoms with Gasteiger partial charge in [-0.1, -0.05) is 48.2 Å². The number of rotatable bonds is 8. The van der Waals surface area contributed by atoms with Crippen LogP contribution in [0.1, 0.15) is 66.7 Å². The second kappa shape index (κ2) is 18.4. The fourth-order valence-corrected chi connectivity index (χ4v) is 11.9. The van der Waals surface area contributed by atoms with Crippen LogP contribution in [0.5, 0.6) is 23.1 Å². The van der Waals surface area contributed by atoms with Gasteiger partial charge in [0.2, 0.25) is 12.0 Å². The molecule has 2 N–H and O–H groups in total. The van der Waals surface area contributed by atoms with Crippen molar-refractivity contribution < 1.29 is 38.3 Å². The minimum absolute atomic E-state index is 0.0290. The van der Waals surface area contributed by atoms with E-state index in [1.165, 1.54) is 29.8 Å². The van der Waals surface area contributed by atoms with Gasteiger partial charge in [-0.2, -0.15) is 0 Å². The third-order valence-electron chi connectivity index (χ3n) is 14.2. The number of aromatic nitrogens is 4. The molecule has 3 aromatic heterocycles. The Morgan fingerprint density at radius 3 is 2.42 bits per heavy atom. The maximum Gasteiger partial charge on any atom is 0.345 e. The summed E-state index contributed by atoms with van der Waals surface area (Å²) in [7, 11) is 2.10. The molecule has 2 aliphatic carbocycles. The summed E-state index contributed by atoms with van der Waals surface area (Å²) in [6, 6.07) is 13.2. The van der Waals surface area contributed by atoms with Gasteiger partial charge in [0.15, 0.2) is 5.75 Å². The second-order valence-corrected chi connectivity index (χ2v) is 20.1. The molecule has 11 rings (SSSR count). The highest BCUT2D eigenvalue weighted by Gasteiger charge is 2.61. The maximum absolute atomic E-state index is 14.4. The molecule has 6 aromatic rings. The van der Waals surface area contributed by atoms with Crippen LogP contribution in [0.15, 0.2) is 61.1 Å². The molecule has 0 amide bonds. The van der Waals surface area contributed by atoms with Crippen molar-refractivity contribution in [3.05, 3.63) is 105 Å². The largest absolute Gasteiger partial charge is 0.490 e. The predicted molar refractivity (Wildman–Crippen MR) is 254 cm³/mol. The number of carboxylic acids is 1. The minimum atomic E-state index is -1.47. The van der Waals surface area contributed by atoms with Gasteiger partial charge in [0.25, 0.3) is 0 Å². The predicted octanol–water partition coefficient (Wildman–Crippen LogP) is 9.26. The van der Waals surface area contributed by atoms with Gasteiger partial charge in [0.05, 0.1) is 32.1 Å². The fourth-order valence-electron chi connectivity index (χ4n) is 10.3. The van der Waals surface area contributed by atoms with Crippen LogP contribution in [0.4, 0.5) is 4.39 Å². The van der Waals surface area contributed by atoms with Crippen molar-refractivity contribution in [2.45, 2.75) is 88.6 Å². The van der Waals surface area contributed by atoms with Crippen LogP contribution in [0.3, 0.4) is 0 Å². The van der Waals surface area contributed by atoms with Gasteiger partial charge < -0.3 is 34.1 Å². The van der Waals surface area contributed by atoms with Crippen LogP contribution in [-0.4, -0.2) is 110 Å². The number of nitrogens with zero attached hydrogens (tertiary/aromatic N) is 6. The number of benzene rings is 3. The number of thiophene rings is 1. The highest BCUT2D eigenvalue weighted by atomic mass is 35.5. The minimum Gasteiger partial charge on any atom is -0.490 e. The van der Waals surface area contributed by atoms with Crippen LogP contribution >= 0.6 is 34.5 Å². The van der Waals surface area contributed by atoms with Gasteiger partial charge in [0.1, 0.15) is 53.6 Å². The van der Waals surface area contributed by atoms with E-state index in [0.717, 1.165) is 64.7 Å². The highest BCUT2D eigenvalue weighted by molar-refractivity contribution is 7.22. The Morgan fingerprint density at radius 2 is 1.70 bits per heavy atom. The number of piperazine rings is 1.